The third-order valence-electron chi connectivity index (χ3n) is 4.54. The van der Waals surface area contributed by atoms with E-state index in [1.807, 2.05) is 0 Å². The van der Waals surface area contributed by atoms with Crippen LogP contribution in [-0.2, 0) is 23.8 Å². The fourth-order valence-corrected chi connectivity index (χ4v) is 3.57. The van der Waals surface area contributed by atoms with Gasteiger partial charge >= 0.3 is 6.18 Å². The third-order valence-corrected chi connectivity index (χ3v) is 4.78. The van der Waals surface area contributed by atoms with Crippen LogP contribution in [0.1, 0.15) is 32.6 Å². The fourth-order valence-electron chi connectivity index (χ4n) is 3.36. The van der Waals surface area contributed by atoms with E-state index in [0.29, 0.717) is 21.7 Å². The van der Waals surface area contributed by atoms with Crippen molar-refractivity contribution in [2.45, 2.75) is 25.9 Å². The van der Waals surface area contributed by atoms with Gasteiger partial charge in [0.2, 0.25) is 0 Å². The Labute approximate surface area is 174 Å². The first-order chi connectivity index (χ1) is 14.1. The van der Waals surface area contributed by atoms with Gasteiger partial charge in [0.05, 0.1) is 16.6 Å². The molecule has 0 saturated carbocycles. The number of amides is 1. The van der Waals surface area contributed by atoms with Crippen molar-refractivity contribution in [3.63, 3.8) is 0 Å². The lowest BCUT2D eigenvalue weighted by Gasteiger charge is -2.16. The number of hydroxylamine groups is 1. The second kappa shape index (κ2) is 8.41. The summed E-state index contributed by atoms with van der Waals surface area (Å²) in [7, 11) is 0. The molecule has 0 aliphatic rings. The highest BCUT2D eigenvalue weighted by Gasteiger charge is 2.38. The van der Waals surface area contributed by atoms with Crippen LogP contribution in [0.15, 0.2) is 42.6 Å². The van der Waals surface area contributed by atoms with Gasteiger partial charge in [0, 0.05) is 29.4 Å². The predicted octanol–water partition coefficient (Wildman–Crippen LogP) is 4.69. The van der Waals surface area contributed by atoms with Gasteiger partial charge < -0.3 is 0 Å². The number of aryl methyl sites for hydroxylation is 1. The highest BCUT2D eigenvalue weighted by molar-refractivity contribution is 6.30. The van der Waals surface area contributed by atoms with Crippen LogP contribution >= 0.6 is 11.6 Å². The summed E-state index contributed by atoms with van der Waals surface area (Å²) < 4.78 is 41.3. The molecule has 0 radical (unpaired) electrons. The predicted molar refractivity (Wildman–Crippen MR) is 105 cm³/mol. The van der Waals surface area contributed by atoms with E-state index in [4.69, 9.17) is 16.8 Å². The number of nitrogens with one attached hydrogen (secondary N) is 1. The number of fused-ring (bicyclic) bond motifs is 1. The van der Waals surface area contributed by atoms with Gasteiger partial charge in [0.25, 0.3) is 5.91 Å². The number of alkyl halides is 3. The number of hydrogen-bond acceptors (Lipinski definition) is 4. The molecule has 1 heterocycles. The lowest BCUT2D eigenvalue weighted by atomic mass is 9.95. The van der Waals surface area contributed by atoms with Crippen LogP contribution in [0.2, 0.25) is 5.02 Å². The average Bonchev–Trinajstić information content (AvgIpc) is 2.65. The molecular weight excluding hydrogens is 421 g/mol. The van der Waals surface area contributed by atoms with Crippen molar-refractivity contribution in [3.8, 4) is 0 Å². The second-order valence-corrected chi connectivity index (χ2v) is 7.25. The standard InChI is InChI=1S/C21H16ClF3N2O3/c1-11-5-13(8-15(28)7-12-3-2-4-14(22)6-12)9-16-18(21(23,24)25)17(20(29)27-30)10-26-19(11)16/h2-6,9-10,30H,7-8H2,1H3,(H,27,29). The zero-order chi connectivity index (χ0) is 22.1. The van der Waals surface area contributed by atoms with Gasteiger partial charge in [-0.15, -0.1) is 0 Å². The Hall–Kier alpha value is -2.97. The largest absolute Gasteiger partial charge is 0.417 e. The van der Waals surface area contributed by atoms with E-state index in [0.717, 1.165) is 6.20 Å². The first-order valence-corrected chi connectivity index (χ1v) is 9.18. The van der Waals surface area contributed by atoms with Gasteiger partial charge in [-0.1, -0.05) is 29.8 Å². The number of rotatable bonds is 5. The highest BCUT2D eigenvalue weighted by atomic mass is 35.5. The lowest BCUT2D eigenvalue weighted by molar-refractivity contribution is -0.136. The summed E-state index contributed by atoms with van der Waals surface area (Å²) in [5.74, 6) is -1.53. The van der Waals surface area contributed by atoms with E-state index in [1.165, 1.54) is 11.5 Å². The van der Waals surface area contributed by atoms with Gasteiger partial charge in [0.1, 0.15) is 5.78 Å². The third kappa shape index (κ3) is 4.60. The molecule has 3 rings (SSSR count). The van der Waals surface area contributed by atoms with Crippen LogP contribution < -0.4 is 5.48 Å². The van der Waals surface area contributed by atoms with Crippen LogP contribution in [0.5, 0.6) is 0 Å². The number of ketones is 1. The van der Waals surface area contributed by atoms with E-state index in [-0.39, 0.29) is 29.5 Å². The highest BCUT2D eigenvalue weighted by Crippen LogP contribution is 2.38. The molecule has 9 heteroatoms. The molecule has 5 nitrogen and oxygen atoms in total. The molecule has 2 N–H and O–H groups in total. The van der Waals surface area contributed by atoms with Crippen molar-refractivity contribution >= 4 is 34.2 Å². The summed E-state index contributed by atoms with van der Waals surface area (Å²) in [4.78, 5) is 28.2. The number of aromatic nitrogens is 1. The molecule has 0 saturated heterocycles. The summed E-state index contributed by atoms with van der Waals surface area (Å²) in [6, 6.07) is 9.57. The Balaban J connectivity index is 2.04. The monoisotopic (exact) mass is 436 g/mol. The molecule has 156 valence electrons. The number of hydrogen-bond donors (Lipinski definition) is 2. The van der Waals surface area contributed by atoms with E-state index in [9.17, 15) is 22.8 Å². The molecular formula is C21H16ClF3N2O3. The molecule has 3 aromatic rings. The van der Waals surface area contributed by atoms with Gasteiger partial charge in [-0.05, 0) is 41.8 Å². The molecule has 0 aliphatic heterocycles. The van der Waals surface area contributed by atoms with Gasteiger partial charge in [0.15, 0.2) is 0 Å². The quantitative estimate of drug-likeness (QED) is 0.449. The topological polar surface area (TPSA) is 79.3 Å². The molecule has 0 aliphatic carbocycles. The number of nitrogens with zero attached hydrogens (tertiary/aromatic N) is 1. The summed E-state index contributed by atoms with van der Waals surface area (Å²) in [5.41, 5.74) is 0.734. The molecule has 0 spiro atoms. The van der Waals surface area contributed by atoms with Gasteiger partial charge in [-0.25, -0.2) is 5.48 Å². The molecule has 2 aromatic carbocycles. The smallest absolute Gasteiger partial charge is 0.299 e. The number of benzene rings is 2. The maximum atomic E-state index is 13.8. The van der Waals surface area contributed by atoms with Gasteiger partial charge in [-0.3, -0.25) is 19.8 Å². The number of carbonyl (C=O) groups is 2. The first-order valence-electron chi connectivity index (χ1n) is 8.80. The molecule has 1 aromatic heterocycles. The van der Waals surface area contributed by atoms with Crippen molar-refractivity contribution in [2.24, 2.45) is 0 Å². The van der Waals surface area contributed by atoms with E-state index in [1.54, 1.807) is 37.3 Å². The zero-order valence-electron chi connectivity index (χ0n) is 15.7. The van der Waals surface area contributed by atoms with E-state index in [2.05, 4.69) is 4.98 Å². The maximum Gasteiger partial charge on any atom is 0.417 e. The summed E-state index contributed by atoms with van der Waals surface area (Å²) >= 11 is 5.91. The Morgan fingerprint density at radius 2 is 1.83 bits per heavy atom. The van der Waals surface area contributed by atoms with Crippen LogP contribution in [0.25, 0.3) is 10.9 Å². The van der Waals surface area contributed by atoms with Crippen molar-refractivity contribution in [2.75, 3.05) is 0 Å². The van der Waals surface area contributed by atoms with Crippen molar-refractivity contribution < 1.29 is 28.0 Å². The van der Waals surface area contributed by atoms with Crippen LogP contribution in [0.4, 0.5) is 13.2 Å². The maximum absolute atomic E-state index is 13.8. The molecule has 0 fully saturated rings. The number of pyridine rings is 1. The van der Waals surface area contributed by atoms with Crippen LogP contribution in [0, 0.1) is 6.92 Å². The minimum atomic E-state index is -4.88. The number of Topliss-reactive ketones (excluding diaryl/α,β-unsaturated/α-hetero) is 1. The number of halogens is 4. The van der Waals surface area contributed by atoms with Crippen molar-refractivity contribution in [1.82, 2.24) is 10.5 Å². The van der Waals surface area contributed by atoms with Crippen molar-refractivity contribution in [1.29, 1.82) is 0 Å². The Bertz CT molecular complexity index is 1150. The minimum Gasteiger partial charge on any atom is -0.299 e. The van der Waals surface area contributed by atoms with E-state index < -0.39 is 23.2 Å². The Morgan fingerprint density at radius 3 is 2.47 bits per heavy atom. The molecule has 1 amide bonds. The fraction of sp³-hybridized carbons (Fsp3) is 0.190. The normalized spacial score (nSPS) is 11.5. The first kappa shape index (κ1) is 21.7. The van der Waals surface area contributed by atoms with Crippen LogP contribution in [0.3, 0.4) is 0 Å². The lowest BCUT2D eigenvalue weighted by Crippen LogP contribution is -2.24. The molecule has 0 bridgehead atoms. The summed E-state index contributed by atoms with van der Waals surface area (Å²) in [6.45, 7) is 1.58. The minimum absolute atomic E-state index is 0.0582. The average molecular weight is 437 g/mol. The zero-order valence-corrected chi connectivity index (χ0v) is 16.4. The van der Waals surface area contributed by atoms with Crippen molar-refractivity contribution in [3.05, 3.63) is 75.4 Å². The Morgan fingerprint density at radius 1 is 1.13 bits per heavy atom. The SMILES string of the molecule is Cc1cc(CC(=O)Cc2cccc(Cl)c2)cc2c(C(F)(F)F)c(C(=O)NO)cnc12. The van der Waals surface area contributed by atoms with E-state index >= 15 is 0 Å². The molecule has 0 unspecified atom stereocenters. The summed E-state index contributed by atoms with van der Waals surface area (Å²) in [5, 5.41) is 8.96. The Kier molecular flexibility index (Phi) is 6.09. The second-order valence-electron chi connectivity index (χ2n) is 6.82. The molecule has 30 heavy (non-hydrogen) atoms. The van der Waals surface area contributed by atoms with Gasteiger partial charge in [-0.2, -0.15) is 13.2 Å². The number of carbonyl (C=O) groups excluding carboxylic acids is 2. The van der Waals surface area contributed by atoms with Crippen LogP contribution in [-0.4, -0.2) is 21.9 Å². The molecule has 0 atom stereocenters. The summed E-state index contributed by atoms with van der Waals surface area (Å²) in [6.07, 6.45) is -4.13.